The first-order valence-electron chi connectivity index (χ1n) is 9.97. The number of carbonyl (C=O) groups is 3. The number of hydrogen-bond acceptors (Lipinski definition) is 8. The molecular formula is C21H23N3O9S. The summed E-state index contributed by atoms with van der Waals surface area (Å²) in [5.74, 6) is -2.94. The Morgan fingerprint density at radius 2 is 1.68 bits per heavy atom. The molecule has 3 rings (SSSR count). The van der Waals surface area contributed by atoms with E-state index in [2.05, 4.69) is 0 Å². The monoisotopic (exact) mass is 493 g/mol. The van der Waals surface area contributed by atoms with Crippen molar-refractivity contribution in [3.8, 4) is 5.75 Å². The highest BCUT2D eigenvalue weighted by Gasteiger charge is 2.40. The molecule has 0 aliphatic carbocycles. The Morgan fingerprint density at radius 1 is 1.06 bits per heavy atom. The summed E-state index contributed by atoms with van der Waals surface area (Å²) in [4.78, 5) is 35.8. The summed E-state index contributed by atoms with van der Waals surface area (Å²) in [7, 11) is -2.77. The third kappa shape index (κ3) is 5.27. The van der Waals surface area contributed by atoms with Gasteiger partial charge in [0.1, 0.15) is 24.9 Å². The van der Waals surface area contributed by atoms with Crippen LogP contribution >= 0.6 is 0 Å². The summed E-state index contributed by atoms with van der Waals surface area (Å²) < 4.78 is 32.8. The summed E-state index contributed by atoms with van der Waals surface area (Å²) >= 11 is 0. The number of methoxy groups -OCH3 is 1. The van der Waals surface area contributed by atoms with Crippen LogP contribution in [0.2, 0.25) is 0 Å². The third-order valence-electron chi connectivity index (χ3n) is 5.37. The Morgan fingerprint density at radius 3 is 2.21 bits per heavy atom. The Labute approximate surface area is 195 Å². The highest BCUT2D eigenvalue weighted by Crippen LogP contribution is 2.32. The molecule has 1 heterocycles. The SMILES string of the molecule is COc1ccc(S(=O)(=O)N2Cc3cc(N(CC(=O)O)CC(=O)O)ccc3C[C@@H]2C(=O)NO)cc1. The third-order valence-corrected chi connectivity index (χ3v) is 7.24. The number of amides is 1. The number of aliphatic carboxylic acids is 2. The van der Waals surface area contributed by atoms with Gasteiger partial charge in [-0.1, -0.05) is 6.07 Å². The van der Waals surface area contributed by atoms with Gasteiger partial charge in [-0.3, -0.25) is 19.6 Å². The van der Waals surface area contributed by atoms with Gasteiger partial charge in [-0.15, -0.1) is 0 Å². The van der Waals surface area contributed by atoms with Crippen LogP contribution in [0.15, 0.2) is 47.4 Å². The lowest BCUT2D eigenvalue weighted by molar-refractivity contribution is -0.136. The van der Waals surface area contributed by atoms with Crippen molar-refractivity contribution in [3.63, 3.8) is 0 Å². The molecule has 0 spiro atoms. The summed E-state index contributed by atoms with van der Waals surface area (Å²) in [5, 5.41) is 27.5. The molecule has 1 amide bonds. The lowest BCUT2D eigenvalue weighted by Crippen LogP contribution is -2.51. The summed E-state index contributed by atoms with van der Waals surface area (Å²) in [6, 6.07) is 8.92. The van der Waals surface area contributed by atoms with Crippen molar-refractivity contribution < 1.29 is 43.0 Å². The molecule has 12 nitrogen and oxygen atoms in total. The van der Waals surface area contributed by atoms with Crippen LogP contribution < -0.4 is 15.1 Å². The van der Waals surface area contributed by atoms with Crippen LogP contribution in [0.3, 0.4) is 0 Å². The standard InChI is InChI=1S/C21H23N3O9S/c1-33-16-4-6-17(7-5-16)34(31,32)24-10-14-8-15(23(11-19(25)26)12-20(27)28)3-2-13(14)9-18(24)21(29)22-30/h2-8,18,30H,9-12H2,1H3,(H,22,29)(H,25,26)(H,27,28)/t18-/m1/s1. The van der Waals surface area contributed by atoms with Gasteiger partial charge in [0.05, 0.1) is 12.0 Å². The summed E-state index contributed by atoms with van der Waals surface area (Å²) in [5.41, 5.74) is 2.85. The van der Waals surface area contributed by atoms with Gasteiger partial charge in [0, 0.05) is 12.2 Å². The molecule has 13 heteroatoms. The predicted octanol–water partition coefficient (Wildman–Crippen LogP) is 0.292. The zero-order valence-electron chi connectivity index (χ0n) is 18.0. The topological polar surface area (TPSA) is 174 Å². The van der Waals surface area contributed by atoms with E-state index in [4.69, 9.17) is 14.9 Å². The normalized spacial score (nSPS) is 15.8. The maximum Gasteiger partial charge on any atom is 0.323 e. The van der Waals surface area contributed by atoms with E-state index in [0.29, 0.717) is 16.9 Å². The Kier molecular flexibility index (Phi) is 7.39. The minimum atomic E-state index is -4.20. The number of carboxylic acids is 2. The molecule has 0 radical (unpaired) electrons. The zero-order chi connectivity index (χ0) is 25.0. The van der Waals surface area contributed by atoms with E-state index in [1.165, 1.54) is 49.0 Å². The second-order valence-corrected chi connectivity index (χ2v) is 9.41. The average Bonchev–Trinajstić information content (AvgIpc) is 2.81. The van der Waals surface area contributed by atoms with E-state index in [9.17, 15) is 28.0 Å². The van der Waals surface area contributed by atoms with Crippen molar-refractivity contribution in [3.05, 3.63) is 53.6 Å². The van der Waals surface area contributed by atoms with Crippen LogP contribution in [0.25, 0.3) is 0 Å². The predicted molar refractivity (Wildman–Crippen MR) is 117 cm³/mol. The quantitative estimate of drug-likeness (QED) is 0.281. The van der Waals surface area contributed by atoms with Crippen LogP contribution in [0.4, 0.5) is 5.69 Å². The van der Waals surface area contributed by atoms with Gasteiger partial charge in [0.15, 0.2) is 0 Å². The highest BCUT2D eigenvalue weighted by atomic mass is 32.2. The highest BCUT2D eigenvalue weighted by molar-refractivity contribution is 7.89. The van der Waals surface area contributed by atoms with Crippen molar-refractivity contribution >= 4 is 33.6 Å². The Hall–Kier alpha value is -3.68. The van der Waals surface area contributed by atoms with E-state index >= 15 is 0 Å². The minimum Gasteiger partial charge on any atom is -0.497 e. The zero-order valence-corrected chi connectivity index (χ0v) is 18.9. The largest absolute Gasteiger partial charge is 0.497 e. The second kappa shape index (κ2) is 10.1. The lowest BCUT2D eigenvalue weighted by Gasteiger charge is -2.35. The number of hydroxylamine groups is 1. The van der Waals surface area contributed by atoms with E-state index < -0.39 is 47.0 Å². The first-order chi connectivity index (χ1) is 16.1. The molecule has 182 valence electrons. The fraction of sp³-hybridized carbons (Fsp3) is 0.286. The first kappa shape index (κ1) is 25.0. The number of rotatable bonds is 9. The van der Waals surface area contributed by atoms with E-state index in [0.717, 1.165) is 9.21 Å². The number of ether oxygens (including phenoxy) is 1. The van der Waals surface area contributed by atoms with Crippen LogP contribution in [0, 0.1) is 0 Å². The number of benzene rings is 2. The number of hydrogen-bond donors (Lipinski definition) is 4. The molecule has 0 saturated carbocycles. The maximum absolute atomic E-state index is 13.4. The number of nitrogens with zero attached hydrogens (tertiary/aromatic N) is 2. The molecule has 34 heavy (non-hydrogen) atoms. The van der Waals surface area contributed by atoms with Gasteiger partial charge in [-0.25, -0.2) is 13.9 Å². The molecule has 0 fully saturated rings. The Balaban J connectivity index is 2.03. The lowest BCUT2D eigenvalue weighted by atomic mass is 9.94. The van der Waals surface area contributed by atoms with Crippen LogP contribution in [-0.4, -0.2) is 72.2 Å². The number of fused-ring (bicyclic) bond motifs is 1. The van der Waals surface area contributed by atoms with Gasteiger partial charge < -0.3 is 19.8 Å². The smallest absolute Gasteiger partial charge is 0.323 e. The van der Waals surface area contributed by atoms with E-state index in [-0.39, 0.29) is 23.5 Å². The second-order valence-electron chi connectivity index (χ2n) is 7.52. The van der Waals surface area contributed by atoms with Crippen LogP contribution in [-0.2, 0) is 37.4 Å². The number of anilines is 1. The molecule has 0 bridgehead atoms. The number of nitrogens with one attached hydrogen (secondary N) is 1. The Bertz CT molecular complexity index is 1180. The van der Waals surface area contributed by atoms with Gasteiger partial charge >= 0.3 is 11.9 Å². The molecule has 0 unspecified atom stereocenters. The van der Waals surface area contributed by atoms with Gasteiger partial charge in [-0.05, 0) is 53.9 Å². The van der Waals surface area contributed by atoms with Crippen molar-refractivity contribution in [1.82, 2.24) is 9.79 Å². The number of carboxylic acid groups (broad SMARTS) is 2. The molecule has 4 N–H and O–H groups in total. The summed E-state index contributed by atoms with van der Waals surface area (Å²) in [6.45, 7) is -1.41. The van der Waals surface area contributed by atoms with Crippen LogP contribution in [0.1, 0.15) is 11.1 Å². The number of sulfonamides is 1. The van der Waals surface area contributed by atoms with Gasteiger partial charge in [0.25, 0.3) is 5.91 Å². The number of carbonyl (C=O) groups excluding carboxylic acids is 1. The van der Waals surface area contributed by atoms with Crippen molar-refractivity contribution in [1.29, 1.82) is 0 Å². The molecule has 0 aromatic heterocycles. The molecular weight excluding hydrogens is 470 g/mol. The van der Waals surface area contributed by atoms with Gasteiger partial charge in [-0.2, -0.15) is 4.31 Å². The van der Waals surface area contributed by atoms with Crippen molar-refractivity contribution in [2.45, 2.75) is 23.9 Å². The molecule has 1 aliphatic rings. The van der Waals surface area contributed by atoms with Crippen molar-refractivity contribution in [2.24, 2.45) is 0 Å². The van der Waals surface area contributed by atoms with E-state index in [1.807, 2.05) is 0 Å². The first-order valence-corrected chi connectivity index (χ1v) is 11.4. The van der Waals surface area contributed by atoms with Crippen LogP contribution in [0.5, 0.6) is 5.75 Å². The fourth-order valence-electron chi connectivity index (χ4n) is 3.74. The molecule has 1 aliphatic heterocycles. The molecule has 1 atom stereocenters. The molecule has 0 saturated heterocycles. The fourth-order valence-corrected chi connectivity index (χ4v) is 5.31. The average molecular weight is 493 g/mol. The summed E-state index contributed by atoms with van der Waals surface area (Å²) in [6.07, 6.45) is -0.0603. The van der Waals surface area contributed by atoms with Gasteiger partial charge in [0.2, 0.25) is 10.0 Å². The molecule has 2 aromatic carbocycles. The van der Waals surface area contributed by atoms with E-state index in [1.54, 1.807) is 6.07 Å². The maximum atomic E-state index is 13.4. The minimum absolute atomic E-state index is 0.0603. The van der Waals surface area contributed by atoms with Crippen molar-refractivity contribution in [2.75, 3.05) is 25.1 Å². The molecule has 2 aromatic rings.